The number of benzene rings is 2. The van der Waals surface area contributed by atoms with Crippen LogP contribution in [0.1, 0.15) is 47.9 Å². The maximum Gasteiger partial charge on any atom is 0.342 e. The SMILES string of the molecule is CCCOc1c(C(=O)OCC)c(C(=O)OCC)c(O)c2ccccc12. The van der Waals surface area contributed by atoms with Crippen LogP contribution in [0.25, 0.3) is 10.8 Å². The lowest BCUT2D eigenvalue weighted by Crippen LogP contribution is -2.17. The predicted molar refractivity (Wildman–Crippen MR) is 93.3 cm³/mol. The molecule has 2 aromatic carbocycles. The summed E-state index contributed by atoms with van der Waals surface area (Å²) in [4.78, 5) is 25.0. The van der Waals surface area contributed by atoms with Crippen LogP contribution >= 0.6 is 0 Å². The minimum atomic E-state index is -0.796. The number of ether oxygens (including phenoxy) is 3. The first-order valence-corrected chi connectivity index (χ1v) is 8.31. The van der Waals surface area contributed by atoms with E-state index in [0.29, 0.717) is 23.8 Å². The van der Waals surface area contributed by atoms with Crippen molar-refractivity contribution in [2.24, 2.45) is 0 Å². The second kappa shape index (κ2) is 8.37. The Morgan fingerprint density at radius 3 is 2.04 bits per heavy atom. The molecule has 0 spiro atoms. The van der Waals surface area contributed by atoms with Gasteiger partial charge in [-0.3, -0.25) is 0 Å². The first kappa shape index (κ1) is 18.6. The summed E-state index contributed by atoms with van der Waals surface area (Å²) in [7, 11) is 0. The molecule has 0 aliphatic heterocycles. The maximum absolute atomic E-state index is 12.5. The first-order chi connectivity index (χ1) is 12.1. The van der Waals surface area contributed by atoms with Gasteiger partial charge in [0.25, 0.3) is 0 Å². The second-order valence-electron chi connectivity index (χ2n) is 5.26. The average molecular weight is 346 g/mol. The Morgan fingerprint density at radius 1 is 0.920 bits per heavy atom. The lowest BCUT2D eigenvalue weighted by Gasteiger charge is -2.18. The molecule has 0 heterocycles. The molecule has 0 saturated heterocycles. The molecule has 0 fully saturated rings. The zero-order chi connectivity index (χ0) is 18.4. The van der Waals surface area contributed by atoms with Crippen LogP contribution in [0.15, 0.2) is 24.3 Å². The van der Waals surface area contributed by atoms with Gasteiger partial charge < -0.3 is 19.3 Å². The van der Waals surface area contributed by atoms with E-state index in [4.69, 9.17) is 14.2 Å². The third-order valence-electron chi connectivity index (χ3n) is 3.55. The van der Waals surface area contributed by atoms with Crippen LogP contribution in [0.4, 0.5) is 0 Å². The van der Waals surface area contributed by atoms with Crippen molar-refractivity contribution in [3.05, 3.63) is 35.4 Å². The van der Waals surface area contributed by atoms with Crippen LogP contribution in [0.3, 0.4) is 0 Å². The highest BCUT2D eigenvalue weighted by Crippen LogP contribution is 2.41. The summed E-state index contributed by atoms with van der Waals surface area (Å²) in [5, 5.41) is 11.6. The monoisotopic (exact) mass is 346 g/mol. The van der Waals surface area contributed by atoms with Gasteiger partial charge in [-0.05, 0) is 20.3 Å². The van der Waals surface area contributed by atoms with Crippen LogP contribution in [0.5, 0.6) is 11.5 Å². The standard InChI is InChI=1S/C19H22O6/c1-4-11-25-17-13-10-8-7-9-12(13)16(20)14(18(21)23-5-2)15(17)19(22)24-6-3/h7-10,20H,4-6,11H2,1-3H3. The number of carbonyl (C=O) groups is 2. The molecule has 0 saturated carbocycles. The molecule has 0 aliphatic carbocycles. The van der Waals surface area contributed by atoms with Gasteiger partial charge in [0, 0.05) is 10.8 Å². The van der Waals surface area contributed by atoms with E-state index in [2.05, 4.69) is 0 Å². The van der Waals surface area contributed by atoms with Crippen molar-refractivity contribution >= 4 is 22.7 Å². The van der Waals surface area contributed by atoms with Gasteiger partial charge in [0.05, 0.1) is 19.8 Å². The average Bonchev–Trinajstić information content (AvgIpc) is 2.61. The van der Waals surface area contributed by atoms with E-state index in [9.17, 15) is 14.7 Å². The number of fused-ring (bicyclic) bond motifs is 1. The van der Waals surface area contributed by atoms with Crippen molar-refractivity contribution in [2.45, 2.75) is 27.2 Å². The Kier molecular flexibility index (Phi) is 6.22. The van der Waals surface area contributed by atoms with Gasteiger partial charge in [-0.2, -0.15) is 0 Å². The van der Waals surface area contributed by atoms with E-state index >= 15 is 0 Å². The fourth-order valence-corrected chi connectivity index (χ4v) is 2.54. The van der Waals surface area contributed by atoms with Gasteiger partial charge in [-0.25, -0.2) is 9.59 Å². The molecule has 6 nitrogen and oxygen atoms in total. The fourth-order valence-electron chi connectivity index (χ4n) is 2.54. The maximum atomic E-state index is 12.5. The highest BCUT2D eigenvalue weighted by molar-refractivity contribution is 6.14. The summed E-state index contributed by atoms with van der Waals surface area (Å²) < 4.78 is 15.9. The summed E-state index contributed by atoms with van der Waals surface area (Å²) in [6, 6.07) is 6.86. The normalized spacial score (nSPS) is 10.5. The molecule has 0 aliphatic rings. The predicted octanol–water partition coefficient (Wildman–Crippen LogP) is 3.69. The van der Waals surface area contributed by atoms with Crippen LogP contribution in [0.2, 0.25) is 0 Å². The molecule has 0 amide bonds. The van der Waals surface area contributed by atoms with E-state index in [1.165, 1.54) is 0 Å². The largest absolute Gasteiger partial charge is 0.506 e. The molecule has 1 N–H and O–H groups in total. The summed E-state index contributed by atoms with van der Waals surface area (Å²) >= 11 is 0. The summed E-state index contributed by atoms with van der Waals surface area (Å²) in [6.07, 6.45) is 0.714. The zero-order valence-electron chi connectivity index (χ0n) is 14.6. The molecule has 0 atom stereocenters. The number of rotatable bonds is 7. The Balaban J connectivity index is 2.85. The smallest absolute Gasteiger partial charge is 0.342 e. The van der Waals surface area contributed by atoms with E-state index < -0.39 is 11.9 Å². The van der Waals surface area contributed by atoms with Gasteiger partial charge in [-0.1, -0.05) is 31.2 Å². The highest BCUT2D eigenvalue weighted by atomic mass is 16.5. The molecule has 0 unspecified atom stereocenters. The van der Waals surface area contributed by atoms with Gasteiger partial charge in [0.1, 0.15) is 22.6 Å². The molecule has 0 aromatic heterocycles. The van der Waals surface area contributed by atoms with Crippen molar-refractivity contribution in [2.75, 3.05) is 19.8 Å². The first-order valence-electron chi connectivity index (χ1n) is 8.31. The molecule has 0 radical (unpaired) electrons. The second-order valence-corrected chi connectivity index (χ2v) is 5.26. The van der Waals surface area contributed by atoms with Crippen LogP contribution < -0.4 is 4.74 Å². The zero-order valence-corrected chi connectivity index (χ0v) is 14.6. The Bertz CT molecular complexity index is 781. The third kappa shape index (κ3) is 3.68. The van der Waals surface area contributed by atoms with Crippen molar-refractivity contribution in [1.82, 2.24) is 0 Å². The molecule has 0 bridgehead atoms. The minimum absolute atomic E-state index is 0.107. The third-order valence-corrected chi connectivity index (χ3v) is 3.55. The fraction of sp³-hybridized carbons (Fsp3) is 0.368. The summed E-state index contributed by atoms with van der Waals surface area (Å²) in [5.41, 5.74) is -0.338. The quantitative estimate of drug-likeness (QED) is 0.770. The van der Waals surface area contributed by atoms with Crippen LogP contribution in [-0.2, 0) is 9.47 Å². The summed E-state index contributed by atoms with van der Waals surface area (Å²) in [6.45, 7) is 5.83. The van der Waals surface area contributed by atoms with Gasteiger partial charge >= 0.3 is 11.9 Å². The lowest BCUT2D eigenvalue weighted by molar-refractivity contribution is 0.0472. The van der Waals surface area contributed by atoms with E-state index in [0.717, 1.165) is 0 Å². The molecule has 25 heavy (non-hydrogen) atoms. The van der Waals surface area contributed by atoms with E-state index in [-0.39, 0.29) is 35.8 Å². The molecular formula is C19H22O6. The van der Waals surface area contributed by atoms with E-state index in [1.54, 1.807) is 38.1 Å². The van der Waals surface area contributed by atoms with E-state index in [1.807, 2.05) is 6.92 Å². The minimum Gasteiger partial charge on any atom is -0.506 e. The van der Waals surface area contributed by atoms with Crippen molar-refractivity contribution in [3.63, 3.8) is 0 Å². The number of phenols is 1. The molecular weight excluding hydrogens is 324 g/mol. The Hall–Kier alpha value is -2.76. The molecule has 2 aromatic rings. The van der Waals surface area contributed by atoms with Gasteiger partial charge in [0.2, 0.25) is 0 Å². The Labute approximate surface area is 146 Å². The van der Waals surface area contributed by atoms with Gasteiger partial charge in [-0.15, -0.1) is 0 Å². The molecule has 134 valence electrons. The lowest BCUT2D eigenvalue weighted by atomic mass is 9.97. The highest BCUT2D eigenvalue weighted by Gasteiger charge is 2.31. The van der Waals surface area contributed by atoms with Gasteiger partial charge in [0.15, 0.2) is 0 Å². The number of hydrogen-bond donors (Lipinski definition) is 1. The molecule has 2 rings (SSSR count). The summed E-state index contributed by atoms with van der Waals surface area (Å²) in [5.74, 6) is -1.63. The number of phenolic OH excluding ortho intramolecular Hbond substituents is 1. The topological polar surface area (TPSA) is 82.1 Å². The number of esters is 2. The Morgan fingerprint density at radius 2 is 1.48 bits per heavy atom. The molecule has 6 heteroatoms. The van der Waals surface area contributed by atoms with Crippen molar-refractivity contribution in [3.8, 4) is 11.5 Å². The number of aromatic hydroxyl groups is 1. The number of carbonyl (C=O) groups excluding carboxylic acids is 2. The van der Waals surface area contributed by atoms with Crippen molar-refractivity contribution in [1.29, 1.82) is 0 Å². The van der Waals surface area contributed by atoms with Crippen LogP contribution in [-0.4, -0.2) is 36.9 Å². The number of hydrogen-bond acceptors (Lipinski definition) is 6. The van der Waals surface area contributed by atoms with Crippen LogP contribution in [0, 0.1) is 0 Å². The van der Waals surface area contributed by atoms with Crippen molar-refractivity contribution < 1.29 is 28.9 Å².